The SMILES string of the molecule is Cc1ccc(C(=O)Nc2[nH]nc3sc(C(=O)NC(C)(C)C)cc23)cc1. The molecule has 25 heavy (non-hydrogen) atoms. The third-order valence-electron chi connectivity index (χ3n) is 3.52. The molecule has 0 saturated heterocycles. The molecule has 3 aromatic rings. The minimum absolute atomic E-state index is 0.147. The number of aryl methyl sites for hydroxylation is 1. The van der Waals surface area contributed by atoms with E-state index in [1.807, 2.05) is 39.8 Å². The number of hydrogen-bond donors (Lipinski definition) is 3. The van der Waals surface area contributed by atoms with Gasteiger partial charge in [0.15, 0.2) is 0 Å². The van der Waals surface area contributed by atoms with E-state index in [2.05, 4.69) is 20.8 Å². The van der Waals surface area contributed by atoms with Crippen molar-refractivity contribution in [3.05, 3.63) is 46.3 Å². The first-order valence-corrected chi connectivity index (χ1v) is 8.73. The number of rotatable bonds is 3. The van der Waals surface area contributed by atoms with Gasteiger partial charge in [0.1, 0.15) is 10.6 Å². The highest BCUT2D eigenvalue weighted by molar-refractivity contribution is 7.20. The highest BCUT2D eigenvalue weighted by Gasteiger charge is 2.20. The van der Waals surface area contributed by atoms with Gasteiger partial charge < -0.3 is 10.6 Å². The maximum absolute atomic E-state index is 12.4. The van der Waals surface area contributed by atoms with Crippen LogP contribution in [0.15, 0.2) is 30.3 Å². The fourth-order valence-corrected chi connectivity index (χ4v) is 3.20. The number of carbonyl (C=O) groups is 2. The maximum Gasteiger partial charge on any atom is 0.261 e. The van der Waals surface area contributed by atoms with Crippen molar-refractivity contribution >= 4 is 39.2 Å². The topological polar surface area (TPSA) is 86.9 Å². The second-order valence-electron chi connectivity index (χ2n) is 6.95. The minimum atomic E-state index is -0.312. The molecule has 6 nitrogen and oxygen atoms in total. The van der Waals surface area contributed by atoms with E-state index in [1.165, 1.54) is 11.3 Å². The zero-order valence-electron chi connectivity index (χ0n) is 14.6. The number of hydrogen-bond acceptors (Lipinski definition) is 4. The lowest BCUT2D eigenvalue weighted by molar-refractivity contribution is 0.0923. The van der Waals surface area contributed by atoms with Crippen molar-refractivity contribution in [2.45, 2.75) is 33.2 Å². The van der Waals surface area contributed by atoms with Crippen molar-refractivity contribution in [3.63, 3.8) is 0 Å². The highest BCUT2D eigenvalue weighted by atomic mass is 32.1. The van der Waals surface area contributed by atoms with Crippen LogP contribution in [0.3, 0.4) is 0 Å². The van der Waals surface area contributed by atoms with Crippen molar-refractivity contribution in [2.24, 2.45) is 0 Å². The lowest BCUT2D eigenvalue weighted by Crippen LogP contribution is -2.40. The summed E-state index contributed by atoms with van der Waals surface area (Å²) in [5, 5.41) is 13.5. The van der Waals surface area contributed by atoms with Crippen molar-refractivity contribution in [2.75, 3.05) is 5.32 Å². The first-order valence-electron chi connectivity index (χ1n) is 7.91. The molecule has 0 aliphatic heterocycles. The average Bonchev–Trinajstić information content (AvgIpc) is 3.08. The third kappa shape index (κ3) is 3.88. The Labute approximate surface area is 149 Å². The largest absolute Gasteiger partial charge is 0.347 e. The van der Waals surface area contributed by atoms with Gasteiger partial charge in [0.25, 0.3) is 11.8 Å². The molecule has 3 N–H and O–H groups in total. The van der Waals surface area contributed by atoms with Crippen LogP contribution in [0.4, 0.5) is 5.82 Å². The van der Waals surface area contributed by atoms with Gasteiger partial charge >= 0.3 is 0 Å². The number of anilines is 1. The van der Waals surface area contributed by atoms with E-state index in [4.69, 9.17) is 0 Å². The Hall–Kier alpha value is -2.67. The van der Waals surface area contributed by atoms with E-state index in [1.54, 1.807) is 18.2 Å². The maximum atomic E-state index is 12.4. The number of fused-ring (bicyclic) bond motifs is 1. The molecule has 2 heterocycles. The van der Waals surface area contributed by atoms with E-state index >= 15 is 0 Å². The Kier molecular flexibility index (Phi) is 4.34. The molecule has 0 bridgehead atoms. The zero-order valence-corrected chi connectivity index (χ0v) is 15.4. The number of carbonyl (C=O) groups excluding carboxylic acids is 2. The van der Waals surface area contributed by atoms with Crippen molar-refractivity contribution in [3.8, 4) is 0 Å². The number of H-pyrrole nitrogens is 1. The van der Waals surface area contributed by atoms with Crippen LogP contribution in [-0.4, -0.2) is 27.6 Å². The zero-order chi connectivity index (χ0) is 18.2. The fourth-order valence-electron chi connectivity index (χ4n) is 2.31. The van der Waals surface area contributed by atoms with Gasteiger partial charge in [0, 0.05) is 11.1 Å². The number of thiophene rings is 1. The van der Waals surface area contributed by atoms with Crippen LogP contribution >= 0.6 is 11.3 Å². The molecule has 0 saturated carbocycles. The van der Waals surface area contributed by atoms with Crippen molar-refractivity contribution < 1.29 is 9.59 Å². The number of aromatic amines is 1. The lowest BCUT2D eigenvalue weighted by atomic mass is 10.1. The van der Waals surface area contributed by atoms with Gasteiger partial charge in [-0.05, 0) is 45.9 Å². The average molecular weight is 356 g/mol. The van der Waals surface area contributed by atoms with E-state index in [9.17, 15) is 9.59 Å². The Balaban J connectivity index is 1.82. The second-order valence-corrected chi connectivity index (χ2v) is 7.98. The van der Waals surface area contributed by atoms with Gasteiger partial charge in [-0.25, -0.2) is 0 Å². The van der Waals surface area contributed by atoms with Crippen LogP contribution in [0.2, 0.25) is 0 Å². The van der Waals surface area contributed by atoms with Crippen LogP contribution in [0.25, 0.3) is 10.2 Å². The molecule has 0 aliphatic rings. The van der Waals surface area contributed by atoms with E-state index < -0.39 is 0 Å². The molecular formula is C18H20N4O2S. The molecule has 0 spiro atoms. The van der Waals surface area contributed by atoms with Crippen LogP contribution in [0.5, 0.6) is 0 Å². The molecule has 0 radical (unpaired) electrons. The third-order valence-corrected chi connectivity index (χ3v) is 4.54. The molecule has 3 rings (SSSR count). The summed E-state index contributed by atoms with van der Waals surface area (Å²) < 4.78 is 0. The summed E-state index contributed by atoms with van der Waals surface area (Å²) in [7, 11) is 0. The van der Waals surface area contributed by atoms with Gasteiger partial charge in [-0.15, -0.1) is 11.3 Å². The van der Waals surface area contributed by atoms with Crippen molar-refractivity contribution in [1.29, 1.82) is 0 Å². The minimum Gasteiger partial charge on any atom is -0.347 e. The van der Waals surface area contributed by atoms with Crippen LogP contribution in [-0.2, 0) is 0 Å². The highest BCUT2D eigenvalue weighted by Crippen LogP contribution is 2.29. The van der Waals surface area contributed by atoms with E-state index in [0.29, 0.717) is 21.1 Å². The summed E-state index contributed by atoms with van der Waals surface area (Å²) >= 11 is 1.29. The van der Waals surface area contributed by atoms with Crippen LogP contribution < -0.4 is 10.6 Å². The van der Waals surface area contributed by atoms with Crippen molar-refractivity contribution in [1.82, 2.24) is 15.5 Å². The molecule has 2 aromatic heterocycles. The predicted octanol–water partition coefficient (Wildman–Crippen LogP) is 3.71. The van der Waals surface area contributed by atoms with Gasteiger partial charge in [-0.1, -0.05) is 17.7 Å². The molecule has 0 fully saturated rings. The molecule has 130 valence electrons. The monoisotopic (exact) mass is 356 g/mol. The first kappa shape index (κ1) is 17.2. The second kappa shape index (κ2) is 6.33. The summed E-state index contributed by atoms with van der Waals surface area (Å²) in [6, 6.07) is 9.06. The molecule has 0 unspecified atom stereocenters. The van der Waals surface area contributed by atoms with E-state index in [0.717, 1.165) is 10.9 Å². The summed E-state index contributed by atoms with van der Waals surface area (Å²) in [5.41, 5.74) is 1.34. The predicted molar refractivity (Wildman–Crippen MR) is 100 cm³/mol. The lowest BCUT2D eigenvalue weighted by Gasteiger charge is -2.19. The Morgan fingerprint density at radius 1 is 1.12 bits per heavy atom. The number of nitrogens with zero attached hydrogens (tertiary/aromatic N) is 1. The summed E-state index contributed by atoms with van der Waals surface area (Å²) in [6.45, 7) is 7.75. The molecular weight excluding hydrogens is 336 g/mol. The number of aromatic nitrogens is 2. The summed E-state index contributed by atoms with van der Waals surface area (Å²) in [6.07, 6.45) is 0. The Morgan fingerprint density at radius 3 is 2.44 bits per heavy atom. The molecule has 0 aliphatic carbocycles. The number of amides is 2. The van der Waals surface area contributed by atoms with E-state index in [-0.39, 0.29) is 17.4 Å². The fraction of sp³-hybridized carbons (Fsp3) is 0.278. The van der Waals surface area contributed by atoms with Gasteiger partial charge in [0.2, 0.25) is 0 Å². The molecule has 7 heteroatoms. The smallest absolute Gasteiger partial charge is 0.261 e. The molecule has 0 atom stereocenters. The first-order chi connectivity index (χ1) is 11.7. The summed E-state index contributed by atoms with van der Waals surface area (Å²) in [5.74, 6) is 0.121. The Morgan fingerprint density at radius 2 is 1.80 bits per heavy atom. The van der Waals surface area contributed by atoms with Gasteiger partial charge in [0.05, 0.1) is 10.3 Å². The van der Waals surface area contributed by atoms with Crippen LogP contribution in [0.1, 0.15) is 46.4 Å². The molecule has 1 aromatic carbocycles. The standard InChI is InChI=1S/C18H20N4O2S/c1-10-5-7-11(8-6-10)15(23)19-14-12-9-13(25-17(12)22-21-14)16(24)20-18(2,3)4/h5-9H,1-4H3,(H,20,24)(H2,19,21,22,23). The normalized spacial score (nSPS) is 11.5. The van der Waals surface area contributed by atoms with Gasteiger partial charge in [-0.2, -0.15) is 5.10 Å². The summed E-state index contributed by atoms with van der Waals surface area (Å²) in [4.78, 5) is 25.9. The number of benzene rings is 1. The quantitative estimate of drug-likeness (QED) is 0.668. The Bertz CT molecular complexity index is 932. The van der Waals surface area contributed by atoms with Crippen LogP contribution in [0, 0.1) is 6.92 Å². The number of nitrogens with one attached hydrogen (secondary N) is 3. The van der Waals surface area contributed by atoms with Gasteiger partial charge in [-0.3, -0.25) is 14.7 Å². The molecule has 2 amide bonds.